The zero-order chi connectivity index (χ0) is 19.8. The molecule has 6 nitrogen and oxygen atoms in total. The van der Waals surface area contributed by atoms with E-state index in [9.17, 15) is 9.59 Å². The van der Waals surface area contributed by atoms with Gasteiger partial charge in [-0.3, -0.25) is 4.79 Å². The summed E-state index contributed by atoms with van der Waals surface area (Å²) in [4.78, 5) is 28.9. The van der Waals surface area contributed by atoms with E-state index in [1.54, 1.807) is 4.90 Å². The Hall–Kier alpha value is -3.02. The predicted octanol–water partition coefficient (Wildman–Crippen LogP) is 3.18. The van der Waals surface area contributed by atoms with Crippen molar-refractivity contribution in [3.05, 3.63) is 60.7 Å². The average molecular weight is 380 g/mol. The standard InChI is InChI=1S/C22H28N4O2/c1-25(20-12-6-3-7-13-20)16-14-23-21(27)18-9-8-15-26(17-18)22(28)24-19-10-4-2-5-11-19/h2-7,10-13,18H,8-9,14-17H2,1H3,(H,23,27)(H,24,28). The second kappa shape index (κ2) is 9.78. The van der Waals surface area contributed by atoms with Crippen LogP contribution >= 0.6 is 0 Å². The summed E-state index contributed by atoms with van der Waals surface area (Å²) in [5.74, 6) is -0.129. The number of anilines is 2. The average Bonchev–Trinajstić information content (AvgIpc) is 2.75. The summed E-state index contributed by atoms with van der Waals surface area (Å²) in [6.45, 7) is 2.45. The van der Waals surface area contributed by atoms with Crippen LogP contribution in [0.4, 0.5) is 16.2 Å². The molecule has 1 aliphatic heterocycles. The topological polar surface area (TPSA) is 64.7 Å². The van der Waals surface area contributed by atoms with Crippen molar-refractivity contribution in [1.82, 2.24) is 10.2 Å². The van der Waals surface area contributed by atoms with Crippen molar-refractivity contribution in [3.8, 4) is 0 Å². The van der Waals surface area contributed by atoms with E-state index in [0.29, 0.717) is 19.6 Å². The van der Waals surface area contributed by atoms with Gasteiger partial charge in [0.15, 0.2) is 0 Å². The molecular formula is C22H28N4O2. The van der Waals surface area contributed by atoms with Gasteiger partial charge in [0.1, 0.15) is 0 Å². The van der Waals surface area contributed by atoms with Crippen LogP contribution in [0.5, 0.6) is 0 Å². The summed E-state index contributed by atoms with van der Waals surface area (Å²) in [5.41, 5.74) is 1.89. The second-order valence-corrected chi connectivity index (χ2v) is 7.13. The molecule has 0 bridgehead atoms. The maximum atomic E-state index is 12.6. The van der Waals surface area contributed by atoms with Crippen LogP contribution in [-0.2, 0) is 4.79 Å². The first-order chi connectivity index (χ1) is 13.6. The smallest absolute Gasteiger partial charge is 0.321 e. The summed E-state index contributed by atoms with van der Waals surface area (Å²) in [7, 11) is 2.01. The Balaban J connectivity index is 1.44. The van der Waals surface area contributed by atoms with E-state index in [0.717, 1.165) is 30.8 Å². The first-order valence-corrected chi connectivity index (χ1v) is 9.78. The van der Waals surface area contributed by atoms with E-state index in [2.05, 4.69) is 15.5 Å². The molecule has 0 radical (unpaired) electrons. The summed E-state index contributed by atoms with van der Waals surface area (Å²) >= 11 is 0. The van der Waals surface area contributed by atoms with Crippen molar-refractivity contribution < 1.29 is 9.59 Å². The van der Waals surface area contributed by atoms with Gasteiger partial charge >= 0.3 is 6.03 Å². The Kier molecular flexibility index (Phi) is 6.89. The predicted molar refractivity (Wildman–Crippen MR) is 112 cm³/mol. The molecule has 0 spiro atoms. The van der Waals surface area contributed by atoms with Crippen LogP contribution in [0.3, 0.4) is 0 Å². The molecule has 28 heavy (non-hydrogen) atoms. The van der Waals surface area contributed by atoms with Gasteiger partial charge in [0.25, 0.3) is 0 Å². The molecule has 148 valence electrons. The summed E-state index contributed by atoms with van der Waals surface area (Å²) < 4.78 is 0. The van der Waals surface area contributed by atoms with Crippen LogP contribution in [0, 0.1) is 5.92 Å². The molecule has 1 atom stereocenters. The molecule has 1 heterocycles. The third kappa shape index (κ3) is 5.49. The quantitative estimate of drug-likeness (QED) is 0.809. The van der Waals surface area contributed by atoms with E-state index >= 15 is 0 Å². The number of nitrogens with one attached hydrogen (secondary N) is 2. The van der Waals surface area contributed by atoms with E-state index in [-0.39, 0.29) is 17.9 Å². The molecule has 2 N–H and O–H groups in total. The molecule has 6 heteroatoms. The highest BCUT2D eigenvalue weighted by Crippen LogP contribution is 2.18. The number of carbonyl (C=O) groups excluding carboxylic acids is 2. The van der Waals surface area contributed by atoms with E-state index in [4.69, 9.17) is 0 Å². The number of nitrogens with zero attached hydrogens (tertiary/aromatic N) is 2. The number of hydrogen-bond donors (Lipinski definition) is 2. The number of piperidine rings is 1. The Morgan fingerprint density at radius 2 is 1.75 bits per heavy atom. The molecule has 0 aliphatic carbocycles. The van der Waals surface area contributed by atoms with Crippen LogP contribution in [0.15, 0.2) is 60.7 Å². The van der Waals surface area contributed by atoms with Crippen molar-refractivity contribution in [3.63, 3.8) is 0 Å². The number of likely N-dealkylation sites (tertiary alicyclic amines) is 1. The third-order valence-corrected chi connectivity index (χ3v) is 5.05. The Bertz CT molecular complexity index is 767. The SMILES string of the molecule is CN(CCNC(=O)C1CCCN(C(=O)Nc2ccccc2)C1)c1ccccc1. The van der Waals surface area contributed by atoms with E-state index in [1.807, 2.05) is 67.7 Å². The molecule has 1 saturated heterocycles. The first-order valence-electron chi connectivity index (χ1n) is 9.78. The Morgan fingerprint density at radius 1 is 1.07 bits per heavy atom. The maximum Gasteiger partial charge on any atom is 0.321 e. The van der Waals surface area contributed by atoms with Crippen LogP contribution in [0.25, 0.3) is 0 Å². The number of likely N-dealkylation sites (N-methyl/N-ethyl adjacent to an activating group) is 1. The lowest BCUT2D eigenvalue weighted by molar-refractivity contribution is -0.126. The second-order valence-electron chi connectivity index (χ2n) is 7.13. The van der Waals surface area contributed by atoms with Gasteiger partial charge in [-0.05, 0) is 37.1 Å². The number of rotatable bonds is 6. The van der Waals surface area contributed by atoms with Crippen molar-refractivity contribution in [2.75, 3.05) is 43.4 Å². The maximum absolute atomic E-state index is 12.6. The number of amides is 3. The van der Waals surface area contributed by atoms with Gasteiger partial charge in [0, 0.05) is 44.6 Å². The van der Waals surface area contributed by atoms with Gasteiger partial charge < -0.3 is 20.4 Å². The fourth-order valence-corrected chi connectivity index (χ4v) is 3.40. The fraction of sp³-hybridized carbons (Fsp3) is 0.364. The molecule has 3 amide bonds. The van der Waals surface area contributed by atoms with E-state index in [1.165, 1.54) is 0 Å². The zero-order valence-corrected chi connectivity index (χ0v) is 16.3. The Labute approximate surface area is 166 Å². The summed E-state index contributed by atoms with van der Waals surface area (Å²) in [6.07, 6.45) is 1.65. The number of para-hydroxylation sites is 2. The normalized spacial score (nSPS) is 16.3. The first kappa shape index (κ1) is 19.7. The molecule has 1 unspecified atom stereocenters. The van der Waals surface area contributed by atoms with Gasteiger partial charge in [0.2, 0.25) is 5.91 Å². The zero-order valence-electron chi connectivity index (χ0n) is 16.3. The van der Waals surface area contributed by atoms with Crippen molar-refractivity contribution in [1.29, 1.82) is 0 Å². The molecule has 3 rings (SSSR count). The third-order valence-electron chi connectivity index (χ3n) is 5.05. The molecule has 1 aliphatic rings. The largest absolute Gasteiger partial charge is 0.373 e. The van der Waals surface area contributed by atoms with Gasteiger partial charge in [-0.15, -0.1) is 0 Å². The highest BCUT2D eigenvalue weighted by atomic mass is 16.2. The molecule has 2 aromatic rings. The van der Waals surface area contributed by atoms with Crippen LogP contribution in [0.2, 0.25) is 0 Å². The van der Waals surface area contributed by atoms with Gasteiger partial charge in [-0.1, -0.05) is 36.4 Å². The molecule has 1 fully saturated rings. The lowest BCUT2D eigenvalue weighted by atomic mass is 9.97. The lowest BCUT2D eigenvalue weighted by Crippen LogP contribution is -2.47. The van der Waals surface area contributed by atoms with E-state index < -0.39 is 0 Å². The number of benzene rings is 2. The lowest BCUT2D eigenvalue weighted by Gasteiger charge is -2.32. The van der Waals surface area contributed by atoms with Crippen LogP contribution < -0.4 is 15.5 Å². The van der Waals surface area contributed by atoms with Crippen LogP contribution in [0.1, 0.15) is 12.8 Å². The van der Waals surface area contributed by atoms with Crippen molar-refractivity contribution >= 4 is 23.3 Å². The fourth-order valence-electron chi connectivity index (χ4n) is 3.40. The number of carbonyl (C=O) groups is 2. The van der Waals surface area contributed by atoms with Crippen molar-refractivity contribution in [2.24, 2.45) is 5.92 Å². The van der Waals surface area contributed by atoms with Crippen LogP contribution in [-0.4, -0.2) is 50.1 Å². The summed E-state index contributed by atoms with van der Waals surface area (Å²) in [6, 6.07) is 19.3. The summed E-state index contributed by atoms with van der Waals surface area (Å²) in [5, 5.41) is 5.92. The van der Waals surface area contributed by atoms with Crippen molar-refractivity contribution in [2.45, 2.75) is 12.8 Å². The minimum absolute atomic E-state index is 0.0265. The number of urea groups is 1. The number of hydrogen-bond acceptors (Lipinski definition) is 3. The highest BCUT2D eigenvalue weighted by molar-refractivity contribution is 5.90. The highest BCUT2D eigenvalue weighted by Gasteiger charge is 2.28. The molecule has 0 saturated carbocycles. The molecule has 0 aromatic heterocycles. The minimum atomic E-state index is -0.155. The minimum Gasteiger partial charge on any atom is -0.373 e. The van der Waals surface area contributed by atoms with Gasteiger partial charge in [-0.25, -0.2) is 4.79 Å². The molecular weight excluding hydrogens is 352 g/mol. The monoisotopic (exact) mass is 380 g/mol. The van der Waals surface area contributed by atoms with Gasteiger partial charge in [-0.2, -0.15) is 0 Å². The Morgan fingerprint density at radius 3 is 2.46 bits per heavy atom. The van der Waals surface area contributed by atoms with Gasteiger partial charge in [0.05, 0.1) is 5.92 Å². The molecule has 2 aromatic carbocycles.